The molecule has 0 aliphatic carbocycles. The maximum Gasteiger partial charge on any atom is 0.338 e. The molecule has 0 saturated heterocycles. The second-order valence-electron chi connectivity index (χ2n) is 3.55. The van der Waals surface area contributed by atoms with Gasteiger partial charge in [-0.1, -0.05) is 6.07 Å². The molecule has 1 rings (SSSR count). The number of carbonyl (C=O) groups is 2. The molecule has 0 aliphatic heterocycles. The Morgan fingerprint density at radius 2 is 2.00 bits per heavy atom. The van der Waals surface area contributed by atoms with Gasteiger partial charge in [0.05, 0.1) is 31.4 Å². The fourth-order valence-electron chi connectivity index (χ4n) is 1.50. The van der Waals surface area contributed by atoms with Gasteiger partial charge in [0.25, 0.3) is 0 Å². The Bertz CT molecular complexity index is 502. The highest BCUT2D eigenvalue weighted by Crippen LogP contribution is 2.15. The highest BCUT2D eigenvalue weighted by molar-refractivity contribution is 5.91. The van der Waals surface area contributed by atoms with Crippen LogP contribution >= 0.6 is 0 Å². The lowest BCUT2D eigenvalue weighted by atomic mass is 10.0. The molecule has 0 unspecified atom stereocenters. The molecule has 0 atom stereocenters. The lowest BCUT2D eigenvalue weighted by Crippen LogP contribution is -2.09. The van der Waals surface area contributed by atoms with Gasteiger partial charge in [-0.3, -0.25) is 4.79 Å². The summed E-state index contributed by atoms with van der Waals surface area (Å²) in [6.07, 6.45) is 0.537. The van der Waals surface area contributed by atoms with Gasteiger partial charge in [-0.05, 0) is 24.1 Å². The van der Waals surface area contributed by atoms with Crippen molar-refractivity contribution in [2.75, 3.05) is 14.2 Å². The monoisotopic (exact) mass is 247 g/mol. The fourth-order valence-corrected chi connectivity index (χ4v) is 1.50. The van der Waals surface area contributed by atoms with E-state index in [1.165, 1.54) is 20.3 Å². The zero-order valence-corrected chi connectivity index (χ0v) is 10.2. The first kappa shape index (κ1) is 13.7. The molecule has 94 valence electrons. The highest BCUT2D eigenvalue weighted by Gasteiger charge is 2.14. The predicted molar refractivity (Wildman–Crippen MR) is 62.8 cm³/mol. The minimum atomic E-state index is -0.521. The standard InChI is InChI=1S/C13H13NO4/c1-17-12(15)6-5-10-4-3-9(8-14)7-11(10)13(16)18-2/h3-4,7H,5-6H2,1-2H3. The molecule has 1 aromatic rings. The summed E-state index contributed by atoms with van der Waals surface area (Å²) in [5.41, 5.74) is 1.34. The topological polar surface area (TPSA) is 76.4 Å². The quantitative estimate of drug-likeness (QED) is 0.752. The van der Waals surface area contributed by atoms with Crippen LogP contribution in [0.15, 0.2) is 18.2 Å². The number of nitriles is 1. The minimum absolute atomic E-state index is 0.173. The molecular formula is C13H13NO4. The van der Waals surface area contributed by atoms with Crippen LogP contribution in [0.1, 0.15) is 27.9 Å². The summed E-state index contributed by atoms with van der Waals surface area (Å²) in [6.45, 7) is 0. The van der Waals surface area contributed by atoms with Gasteiger partial charge >= 0.3 is 11.9 Å². The Hall–Kier alpha value is -2.35. The van der Waals surface area contributed by atoms with E-state index in [1.807, 2.05) is 6.07 Å². The first-order chi connectivity index (χ1) is 8.62. The average Bonchev–Trinajstić information content (AvgIpc) is 2.43. The van der Waals surface area contributed by atoms with Crippen LogP contribution in [-0.4, -0.2) is 26.2 Å². The van der Waals surface area contributed by atoms with E-state index in [0.717, 1.165) is 0 Å². The Labute approximate surface area is 105 Å². The van der Waals surface area contributed by atoms with E-state index in [4.69, 9.17) is 5.26 Å². The molecular weight excluding hydrogens is 234 g/mol. The molecule has 0 radical (unpaired) electrons. The highest BCUT2D eigenvalue weighted by atomic mass is 16.5. The van der Waals surface area contributed by atoms with Crippen molar-refractivity contribution in [3.63, 3.8) is 0 Å². The van der Waals surface area contributed by atoms with Crippen molar-refractivity contribution in [1.82, 2.24) is 0 Å². The van der Waals surface area contributed by atoms with Gasteiger partial charge in [0.1, 0.15) is 0 Å². The number of methoxy groups -OCH3 is 2. The van der Waals surface area contributed by atoms with Gasteiger partial charge in [0, 0.05) is 6.42 Å². The van der Waals surface area contributed by atoms with E-state index < -0.39 is 5.97 Å². The van der Waals surface area contributed by atoms with Crippen molar-refractivity contribution in [3.05, 3.63) is 34.9 Å². The number of hydrogen-bond donors (Lipinski definition) is 0. The van der Waals surface area contributed by atoms with E-state index in [-0.39, 0.29) is 12.4 Å². The number of ether oxygens (including phenoxy) is 2. The third-order valence-corrected chi connectivity index (χ3v) is 2.47. The van der Waals surface area contributed by atoms with E-state index in [2.05, 4.69) is 9.47 Å². The van der Waals surface area contributed by atoms with Crippen LogP contribution in [0.5, 0.6) is 0 Å². The molecule has 0 saturated carbocycles. The van der Waals surface area contributed by atoms with Crippen LogP contribution in [0, 0.1) is 11.3 Å². The van der Waals surface area contributed by atoms with E-state index in [0.29, 0.717) is 23.1 Å². The Morgan fingerprint density at radius 3 is 2.56 bits per heavy atom. The minimum Gasteiger partial charge on any atom is -0.469 e. The molecule has 0 N–H and O–H groups in total. The predicted octanol–water partition coefficient (Wildman–Crippen LogP) is 1.45. The van der Waals surface area contributed by atoms with Gasteiger partial charge in [0.2, 0.25) is 0 Å². The van der Waals surface area contributed by atoms with E-state index >= 15 is 0 Å². The van der Waals surface area contributed by atoms with Crippen molar-refractivity contribution < 1.29 is 19.1 Å². The average molecular weight is 247 g/mol. The van der Waals surface area contributed by atoms with Crippen molar-refractivity contribution in [2.24, 2.45) is 0 Å². The smallest absolute Gasteiger partial charge is 0.338 e. The third-order valence-electron chi connectivity index (χ3n) is 2.47. The van der Waals surface area contributed by atoms with E-state index in [9.17, 15) is 9.59 Å². The Kier molecular flexibility index (Phi) is 4.88. The van der Waals surface area contributed by atoms with Crippen molar-refractivity contribution >= 4 is 11.9 Å². The number of esters is 2. The maximum atomic E-state index is 11.6. The molecule has 5 heteroatoms. The molecule has 0 spiro atoms. The van der Waals surface area contributed by atoms with Crippen LogP contribution in [0.25, 0.3) is 0 Å². The van der Waals surface area contributed by atoms with Gasteiger partial charge < -0.3 is 9.47 Å². The molecule has 5 nitrogen and oxygen atoms in total. The lowest BCUT2D eigenvalue weighted by molar-refractivity contribution is -0.140. The number of aryl methyl sites for hydroxylation is 1. The molecule has 0 aromatic heterocycles. The molecule has 1 aromatic carbocycles. The molecule has 0 aliphatic rings. The number of hydrogen-bond acceptors (Lipinski definition) is 5. The summed E-state index contributed by atoms with van der Waals surface area (Å²) in [5, 5.41) is 8.79. The molecule has 0 fully saturated rings. The van der Waals surface area contributed by atoms with Crippen molar-refractivity contribution in [1.29, 1.82) is 5.26 Å². The zero-order chi connectivity index (χ0) is 13.5. The summed E-state index contributed by atoms with van der Waals surface area (Å²) >= 11 is 0. The second-order valence-corrected chi connectivity index (χ2v) is 3.55. The van der Waals surface area contributed by atoms with Crippen LogP contribution < -0.4 is 0 Å². The normalized spacial score (nSPS) is 9.39. The van der Waals surface area contributed by atoms with Crippen molar-refractivity contribution in [2.45, 2.75) is 12.8 Å². The summed E-state index contributed by atoms with van der Waals surface area (Å²) in [4.78, 5) is 22.6. The summed E-state index contributed by atoms with van der Waals surface area (Å²) in [6, 6.07) is 6.65. The fraction of sp³-hybridized carbons (Fsp3) is 0.308. The second kappa shape index (κ2) is 6.40. The lowest BCUT2D eigenvalue weighted by Gasteiger charge is -2.07. The zero-order valence-electron chi connectivity index (χ0n) is 10.2. The summed E-state index contributed by atoms with van der Waals surface area (Å²) in [7, 11) is 2.58. The number of rotatable bonds is 4. The maximum absolute atomic E-state index is 11.6. The van der Waals surface area contributed by atoms with Crippen LogP contribution in [-0.2, 0) is 20.7 Å². The number of nitrogens with zero attached hydrogens (tertiary/aromatic N) is 1. The van der Waals surface area contributed by atoms with Crippen LogP contribution in [0.3, 0.4) is 0 Å². The number of carbonyl (C=O) groups excluding carboxylic acids is 2. The number of benzene rings is 1. The van der Waals surface area contributed by atoms with Gasteiger partial charge in [-0.2, -0.15) is 5.26 Å². The largest absolute Gasteiger partial charge is 0.469 e. The van der Waals surface area contributed by atoms with Gasteiger partial charge in [-0.15, -0.1) is 0 Å². The molecule has 0 amide bonds. The third kappa shape index (κ3) is 3.32. The van der Waals surface area contributed by atoms with Crippen LogP contribution in [0.4, 0.5) is 0 Å². The Balaban J connectivity index is 2.99. The molecule has 18 heavy (non-hydrogen) atoms. The first-order valence-electron chi connectivity index (χ1n) is 5.30. The first-order valence-corrected chi connectivity index (χ1v) is 5.30. The molecule has 0 heterocycles. The Morgan fingerprint density at radius 1 is 1.28 bits per heavy atom. The van der Waals surface area contributed by atoms with E-state index in [1.54, 1.807) is 12.1 Å². The van der Waals surface area contributed by atoms with Crippen molar-refractivity contribution in [3.8, 4) is 6.07 Å². The van der Waals surface area contributed by atoms with Gasteiger partial charge in [-0.25, -0.2) is 4.79 Å². The summed E-state index contributed by atoms with van der Waals surface area (Å²) in [5.74, 6) is -0.873. The van der Waals surface area contributed by atoms with Crippen LogP contribution in [0.2, 0.25) is 0 Å². The van der Waals surface area contributed by atoms with Gasteiger partial charge in [0.15, 0.2) is 0 Å². The SMILES string of the molecule is COC(=O)CCc1ccc(C#N)cc1C(=O)OC. The summed E-state index contributed by atoms with van der Waals surface area (Å²) < 4.78 is 9.18. The molecule has 0 bridgehead atoms.